The van der Waals surface area contributed by atoms with Gasteiger partial charge in [-0.25, -0.2) is 0 Å². The van der Waals surface area contributed by atoms with Gasteiger partial charge in [-0.3, -0.25) is 4.79 Å². The number of carbonyl (C=O) groups is 1. The summed E-state index contributed by atoms with van der Waals surface area (Å²) in [5, 5.41) is 0. The Morgan fingerprint density at radius 3 is 2.80 bits per heavy atom. The van der Waals surface area contributed by atoms with Crippen molar-refractivity contribution in [3.8, 4) is 5.75 Å². The molecule has 0 aliphatic heterocycles. The highest BCUT2D eigenvalue weighted by Gasteiger charge is 2.07. The number of carbonyl (C=O) groups excluding carboxylic acids is 1. The Morgan fingerprint density at radius 1 is 1.40 bits per heavy atom. The third-order valence-electron chi connectivity index (χ3n) is 2.05. The number of methoxy groups -OCH3 is 1. The van der Waals surface area contributed by atoms with Crippen LogP contribution in [-0.2, 0) is 11.2 Å². The average molecular weight is 224 g/mol. The third kappa shape index (κ3) is 3.96. The SMILES string of the molecule is CCSCC(=O)Cc1ccccc1OC. The molecule has 0 spiro atoms. The summed E-state index contributed by atoms with van der Waals surface area (Å²) in [7, 11) is 1.63. The number of hydrogen-bond donors (Lipinski definition) is 0. The molecule has 0 fully saturated rings. The van der Waals surface area contributed by atoms with Gasteiger partial charge in [-0.15, -0.1) is 0 Å². The number of ketones is 1. The van der Waals surface area contributed by atoms with Crippen molar-refractivity contribution in [2.45, 2.75) is 13.3 Å². The van der Waals surface area contributed by atoms with Crippen LogP contribution in [0.25, 0.3) is 0 Å². The average Bonchev–Trinajstić information content (AvgIpc) is 2.27. The molecule has 0 aliphatic carbocycles. The van der Waals surface area contributed by atoms with Crippen LogP contribution in [0.1, 0.15) is 12.5 Å². The predicted octanol–water partition coefficient (Wildman–Crippen LogP) is 2.56. The first kappa shape index (κ1) is 12.1. The van der Waals surface area contributed by atoms with Gasteiger partial charge >= 0.3 is 0 Å². The lowest BCUT2D eigenvalue weighted by atomic mass is 10.1. The Labute approximate surface area is 95.0 Å². The van der Waals surface area contributed by atoms with E-state index in [1.165, 1.54) is 0 Å². The molecule has 0 bridgehead atoms. The number of benzene rings is 1. The minimum Gasteiger partial charge on any atom is -0.496 e. The molecule has 0 heterocycles. The molecule has 15 heavy (non-hydrogen) atoms. The van der Waals surface area contributed by atoms with Gasteiger partial charge in [0, 0.05) is 12.0 Å². The molecular formula is C12H16O2S. The van der Waals surface area contributed by atoms with Gasteiger partial charge < -0.3 is 4.74 Å². The van der Waals surface area contributed by atoms with Crippen LogP contribution in [0.4, 0.5) is 0 Å². The summed E-state index contributed by atoms with van der Waals surface area (Å²) in [6.45, 7) is 2.06. The fourth-order valence-electron chi connectivity index (χ4n) is 1.33. The normalized spacial score (nSPS) is 10.0. The van der Waals surface area contributed by atoms with Crippen LogP contribution in [0.15, 0.2) is 24.3 Å². The maximum absolute atomic E-state index is 11.6. The molecule has 0 saturated carbocycles. The van der Waals surface area contributed by atoms with Gasteiger partial charge in [0.25, 0.3) is 0 Å². The summed E-state index contributed by atoms with van der Waals surface area (Å²) in [5.41, 5.74) is 0.974. The lowest BCUT2D eigenvalue weighted by Gasteiger charge is -2.06. The largest absolute Gasteiger partial charge is 0.496 e. The van der Waals surface area contributed by atoms with E-state index in [1.807, 2.05) is 24.3 Å². The number of ether oxygens (including phenoxy) is 1. The molecule has 0 N–H and O–H groups in total. The lowest BCUT2D eigenvalue weighted by molar-refractivity contribution is -0.116. The van der Waals surface area contributed by atoms with Crippen molar-refractivity contribution in [2.75, 3.05) is 18.6 Å². The maximum Gasteiger partial charge on any atom is 0.147 e. The Balaban J connectivity index is 2.59. The van der Waals surface area contributed by atoms with Crippen LogP contribution in [0, 0.1) is 0 Å². The summed E-state index contributed by atoms with van der Waals surface area (Å²) in [4.78, 5) is 11.6. The molecule has 3 heteroatoms. The molecule has 0 amide bonds. The Bertz CT molecular complexity index is 323. The number of Topliss-reactive ketones (excluding diaryl/α,β-unsaturated/α-hetero) is 1. The van der Waals surface area contributed by atoms with Gasteiger partial charge in [-0.1, -0.05) is 25.1 Å². The van der Waals surface area contributed by atoms with Crippen LogP contribution in [-0.4, -0.2) is 24.4 Å². The summed E-state index contributed by atoms with van der Waals surface area (Å²) in [6.07, 6.45) is 0.469. The second kappa shape index (κ2) is 6.51. The quantitative estimate of drug-likeness (QED) is 0.743. The van der Waals surface area contributed by atoms with Gasteiger partial charge in [-0.05, 0) is 11.8 Å². The molecule has 1 rings (SSSR count). The fourth-order valence-corrected chi connectivity index (χ4v) is 1.86. The number of para-hydroxylation sites is 1. The van der Waals surface area contributed by atoms with E-state index in [1.54, 1.807) is 18.9 Å². The standard InChI is InChI=1S/C12H16O2S/c1-3-15-9-11(13)8-10-6-4-5-7-12(10)14-2/h4-7H,3,8-9H2,1-2H3. The highest BCUT2D eigenvalue weighted by Crippen LogP contribution is 2.18. The molecular weight excluding hydrogens is 208 g/mol. The molecule has 0 saturated heterocycles. The van der Waals surface area contributed by atoms with Crippen LogP contribution < -0.4 is 4.74 Å². The maximum atomic E-state index is 11.6. The van der Waals surface area contributed by atoms with Crippen molar-refractivity contribution in [3.63, 3.8) is 0 Å². The van der Waals surface area contributed by atoms with E-state index >= 15 is 0 Å². The number of thioether (sulfide) groups is 1. The smallest absolute Gasteiger partial charge is 0.147 e. The van der Waals surface area contributed by atoms with E-state index in [-0.39, 0.29) is 5.78 Å². The Morgan fingerprint density at radius 2 is 2.13 bits per heavy atom. The van der Waals surface area contributed by atoms with Crippen LogP contribution >= 0.6 is 11.8 Å². The Kier molecular flexibility index (Phi) is 5.26. The summed E-state index contributed by atoms with van der Waals surface area (Å²) in [5.74, 6) is 2.63. The van der Waals surface area contributed by atoms with E-state index in [4.69, 9.17) is 4.74 Å². The zero-order chi connectivity index (χ0) is 11.1. The molecule has 82 valence electrons. The molecule has 0 unspecified atom stereocenters. The Hall–Kier alpha value is -0.960. The second-order valence-electron chi connectivity index (χ2n) is 3.16. The van der Waals surface area contributed by atoms with Crippen molar-refractivity contribution in [3.05, 3.63) is 29.8 Å². The lowest BCUT2D eigenvalue weighted by Crippen LogP contribution is -2.07. The third-order valence-corrected chi connectivity index (χ3v) is 2.98. The first-order valence-electron chi connectivity index (χ1n) is 4.99. The van der Waals surface area contributed by atoms with E-state index in [9.17, 15) is 4.79 Å². The molecule has 0 radical (unpaired) electrons. The molecule has 1 aromatic carbocycles. The van der Waals surface area contributed by atoms with Crippen LogP contribution in [0.3, 0.4) is 0 Å². The van der Waals surface area contributed by atoms with E-state index in [0.717, 1.165) is 17.1 Å². The van der Waals surface area contributed by atoms with Gasteiger partial charge in [0.1, 0.15) is 11.5 Å². The first-order chi connectivity index (χ1) is 7.27. The molecule has 0 aliphatic rings. The van der Waals surface area contributed by atoms with Gasteiger partial charge in [0.15, 0.2) is 0 Å². The van der Waals surface area contributed by atoms with Gasteiger partial charge in [0.2, 0.25) is 0 Å². The molecule has 0 atom stereocenters. The van der Waals surface area contributed by atoms with Crippen molar-refractivity contribution < 1.29 is 9.53 Å². The highest BCUT2D eigenvalue weighted by atomic mass is 32.2. The molecule has 1 aromatic rings. The fraction of sp³-hybridized carbons (Fsp3) is 0.417. The topological polar surface area (TPSA) is 26.3 Å². The monoisotopic (exact) mass is 224 g/mol. The van der Waals surface area contributed by atoms with E-state index in [0.29, 0.717) is 12.2 Å². The van der Waals surface area contributed by atoms with Gasteiger partial charge in [-0.2, -0.15) is 11.8 Å². The summed E-state index contributed by atoms with van der Waals surface area (Å²) in [6, 6.07) is 7.66. The van der Waals surface area contributed by atoms with E-state index in [2.05, 4.69) is 6.92 Å². The van der Waals surface area contributed by atoms with Crippen molar-refractivity contribution in [1.29, 1.82) is 0 Å². The first-order valence-corrected chi connectivity index (χ1v) is 6.14. The predicted molar refractivity (Wildman–Crippen MR) is 64.7 cm³/mol. The number of rotatable bonds is 6. The summed E-state index contributed by atoms with van der Waals surface area (Å²) < 4.78 is 5.19. The summed E-state index contributed by atoms with van der Waals surface area (Å²) >= 11 is 1.66. The van der Waals surface area contributed by atoms with Crippen LogP contribution in [0.2, 0.25) is 0 Å². The molecule has 2 nitrogen and oxygen atoms in total. The van der Waals surface area contributed by atoms with E-state index < -0.39 is 0 Å². The van der Waals surface area contributed by atoms with Crippen LogP contribution in [0.5, 0.6) is 5.75 Å². The number of hydrogen-bond acceptors (Lipinski definition) is 3. The van der Waals surface area contributed by atoms with Gasteiger partial charge in [0.05, 0.1) is 12.9 Å². The molecule has 0 aromatic heterocycles. The second-order valence-corrected chi connectivity index (χ2v) is 4.44. The zero-order valence-corrected chi connectivity index (χ0v) is 9.97. The van der Waals surface area contributed by atoms with Crippen molar-refractivity contribution in [2.24, 2.45) is 0 Å². The van der Waals surface area contributed by atoms with Crippen molar-refractivity contribution in [1.82, 2.24) is 0 Å². The zero-order valence-electron chi connectivity index (χ0n) is 9.16. The van der Waals surface area contributed by atoms with Crippen molar-refractivity contribution >= 4 is 17.5 Å². The minimum atomic E-state index is 0.256. The highest BCUT2D eigenvalue weighted by molar-refractivity contribution is 7.99. The minimum absolute atomic E-state index is 0.256.